The Morgan fingerprint density at radius 3 is 2.70 bits per heavy atom. The van der Waals surface area contributed by atoms with Crippen molar-refractivity contribution < 1.29 is 9.59 Å². The smallest absolute Gasteiger partial charge is 0.238 e. The van der Waals surface area contributed by atoms with Gasteiger partial charge in [0.05, 0.1) is 6.54 Å². The number of piperazine rings is 1. The molecular formula is C20H30N4O2S. The number of carbonyl (C=O) groups excluding carboxylic acids is 2. The average molecular weight is 391 g/mol. The van der Waals surface area contributed by atoms with Crippen LogP contribution >= 0.6 is 11.8 Å². The average Bonchev–Trinajstić information content (AvgIpc) is 2.67. The van der Waals surface area contributed by atoms with Crippen molar-refractivity contribution in [1.29, 1.82) is 0 Å². The van der Waals surface area contributed by atoms with Gasteiger partial charge in [-0.2, -0.15) is 11.8 Å². The largest absolute Gasteiger partial charge is 0.340 e. The molecule has 2 aliphatic rings. The maximum absolute atomic E-state index is 12.5. The first-order valence-electron chi connectivity index (χ1n) is 9.70. The van der Waals surface area contributed by atoms with Crippen molar-refractivity contribution in [3.63, 3.8) is 0 Å². The lowest BCUT2D eigenvalue weighted by molar-refractivity contribution is -0.133. The van der Waals surface area contributed by atoms with Crippen LogP contribution in [0.1, 0.15) is 17.5 Å². The van der Waals surface area contributed by atoms with E-state index in [4.69, 9.17) is 0 Å². The third-order valence-electron chi connectivity index (χ3n) is 5.39. The van der Waals surface area contributed by atoms with E-state index in [-0.39, 0.29) is 11.8 Å². The van der Waals surface area contributed by atoms with E-state index in [2.05, 4.69) is 15.5 Å². The van der Waals surface area contributed by atoms with Gasteiger partial charge in [0, 0.05) is 62.4 Å². The summed E-state index contributed by atoms with van der Waals surface area (Å²) in [5, 5.41) is 6.44. The lowest BCUT2D eigenvalue weighted by Crippen LogP contribution is -2.52. The van der Waals surface area contributed by atoms with Crippen molar-refractivity contribution in [2.45, 2.75) is 26.3 Å². The predicted molar refractivity (Wildman–Crippen MR) is 111 cm³/mol. The van der Waals surface area contributed by atoms with Crippen LogP contribution in [0.4, 0.5) is 5.69 Å². The summed E-state index contributed by atoms with van der Waals surface area (Å²) in [5.74, 6) is 2.39. The molecule has 0 bridgehead atoms. The van der Waals surface area contributed by atoms with Crippen LogP contribution < -0.4 is 10.6 Å². The van der Waals surface area contributed by atoms with Crippen molar-refractivity contribution in [2.24, 2.45) is 0 Å². The summed E-state index contributed by atoms with van der Waals surface area (Å²) in [5.41, 5.74) is 3.16. The van der Waals surface area contributed by atoms with Gasteiger partial charge in [-0.15, -0.1) is 0 Å². The van der Waals surface area contributed by atoms with Crippen molar-refractivity contribution in [3.05, 3.63) is 29.3 Å². The predicted octanol–water partition coefficient (Wildman–Crippen LogP) is 1.48. The minimum Gasteiger partial charge on any atom is -0.340 e. The molecule has 0 saturated carbocycles. The Hall–Kier alpha value is -1.57. The second-order valence-corrected chi connectivity index (χ2v) is 8.53. The van der Waals surface area contributed by atoms with Crippen molar-refractivity contribution in [2.75, 3.05) is 56.1 Å². The van der Waals surface area contributed by atoms with Gasteiger partial charge in [-0.3, -0.25) is 14.5 Å². The summed E-state index contributed by atoms with van der Waals surface area (Å²) in [7, 11) is 0. The van der Waals surface area contributed by atoms with E-state index in [1.165, 1.54) is 5.56 Å². The molecule has 0 radical (unpaired) electrons. The summed E-state index contributed by atoms with van der Waals surface area (Å²) in [6.45, 7) is 8.34. The van der Waals surface area contributed by atoms with Crippen LogP contribution in [0, 0.1) is 13.8 Å². The molecule has 2 heterocycles. The maximum atomic E-state index is 12.5. The molecule has 27 heavy (non-hydrogen) atoms. The van der Waals surface area contributed by atoms with Gasteiger partial charge < -0.3 is 15.5 Å². The molecule has 3 rings (SSSR count). The Labute approximate surface area is 166 Å². The molecule has 148 valence electrons. The lowest BCUT2D eigenvalue weighted by atomic mass is 10.1. The van der Waals surface area contributed by atoms with Crippen LogP contribution in [0.15, 0.2) is 18.2 Å². The number of hydrogen-bond donors (Lipinski definition) is 2. The van der Waals surface area contributed by atoms with Crippen LogP contribution in [0.5, 0.6) is 0 Å². The fraction of sp³-hybridized carbons (Fsp3) is 0.600. The number of thioether (sulfide) groups is 1. The number of hydrogen-bond acceptors (Lipinski definition) is 5. The number of anilines is 1. The monoisotopic (exact) mass is 390 g/mol. The van der Waals surface area contributed by atoms with Gasteiger partial charge in [-0.25, -0.2) is 0 Å². The zero-order chi connectivity index (χ0) is 19.2. The van der Waals surface area contributed by atoms with E-state index in [0.717, 1.165) is 42.4 Å². The Morgan fingerprint density at radius 2 is 2.00 bits per heavy atom. The molecule has 6 nitrogen and oxygen atoms in total. The zero-order valence-corrected chi connectivity index (χ0v) is 17.1. The molecule has 1 aromatic carbocycles. The first-order valence-corrected chi connectivity index (χ1v) is 10.9. The summed E-state index contributed by atoms with van der Waals surface area (Å²) < 4.78 is 0. The van der Waals surface area contributed by atoms with Crippen molar-refractivity contribution in [3.8, 4) is 0 Å². The minimum atomic E-state index is 0.00640. The fourth-order valence-corrected chi connectivity index (χ4v) is 4.47. The molecule has 2 fully saturated rings. The van der Waals surface area contributed by atoms with Gasteiger partial charge in [0.1, 0.15) is 0 Å². The van der Waals surface area contributed by atoms with Gasteiger partial charge >= 0.3 is 0 Å². The molecule has 1 atom stereocenters. The van der Waals surface area contributed by atoms with Crippen LogP contribution in [-0.2, 0) is 9.59 Å². The van der Waals surface area contributed by atoms with Crippen LogP contribution in [0.25, 0.3) is 0 Å². The first kappa shape index (κ1) is 20.2. The Kier molecular flexibility index (Phi) is 7.15. The van der Waals surface area contributed by atoms with Gasteiger partial charge in [0.25, 0.3) is 0 Å². The van der Waals surface area contributed by atoms with Gasteiger partial charge in [0.2, 0.25) is 11.8 Å². The van der Waals surface area contributed by atoms with Crippen LogP contribution in [0.2, 0.25) is 0 Å². The highest BCUT2D eigenvalue weighted by Crippen LogP contribution is 2.18. The van der Waals surface area contributed by atoms with Gasteiger partial charge in [0.15, 0.2) is 0 Å². The van der Waals surface area contributed by atoms with Gasteiger partial charge in [-0.1, -0.05) is 12.1 Å². The Bertz CT molecular complexity index is 668. The second kappa shape index (κ2) is 9.57. The third-order valence-corrected chi connectivity index (χ3v) is 6.52. The van der Waals surface area contributed by atoms with E-state index < -0.39 is 0 Å². The molecule has 2 amide bonds. The molecule has 0 aromatic heterocycles. The highest BCUT2D eigenvalue weighted by atomic mass is 32.2. The van der Waals surface area contributed by atoms with Crippen molar-refractivity contribution in [1.82, 2.24) is 15.1 Å². The van der Waals surface area contributed by atoms with E-state index in [1.807, 2.05) is 48.7 Å². The minimum absolute atomic E-state index is 0.00640. The molecule has 2 saturated heterocycles. The highest BCUT2D eigenvalue weighted by molar-refractivity contribution is 7.99. The number of aryl methyl sites for hydroxylation is 1. The molecule has 7 heteroatoms. The number of benzene rings is 1. The third kappa shape index (κ3) is 5.70. The number of amides is 2. The molecule has 0 spiro atoms. The zero-order valence-electron chi connectivity index (χ0n) is 16.3. The lowest BCUT2D eigenvalue weighted by Gasteiger charge is -2.35. The SMILES string of the molecule is Cc1cccc(NC(=O)CN2CCN(C(=O)CC3CSCCN3)CC2)c1C. The highest BCUT2D eigenvalue weighted by Gasteiger charge is 2.25. The number of rotatable bonds is 5. The first-order chi connectivity index (χ1) is 13.0. The molecule has 0 aliphatic carbocycles. The standard InChI is InChI=1S/C20H30N4O2S/c1-15-4-3-5-18(16(15)2)22-19(25)13-23-7-9-24(10-8-23)20(26)12-17-14-27-11-6-21-17/h3-5,17,21H,6-14H2,1-2H3,(H,22,25). The summed E-state index contributed by atoms with van der Waals surface area (Å²) in [6.07, 6.45) is 0.583. The summed E-state index contributed by atoms with van der Waals surface area (Å²) in [4.78, 5) is 28.9. The molecule has 2 N–H and O–H groups in total. The van der Waals surface area contributed by atoms with E-state index in [1.54, 1.807) is 0 Å². The topological polar surface area (TPSA) is 64.7 Å². The van der Waals surface area contributed by atoms with Crippen molar-refractivity contribution >= 4 is 29.3 Å². The summed E-state index contributed by atoms with van der Waals surface area (Å²) in [6, 6.07) is 6.25. The molecular weight excluding hydrogens is 360 g/mol. The number of nitrogens with zero attached hydrogens (tertiary/aromatic N) is 2. The normalized spacial score (nSPS) is 21.1. The molecule has 1 unspecified atom stereocenters. The molecule has 2 aliphatic heterocycles. The number of carbonyl (C=O) groups is 2. The maximum Gasteiger partial charge on any atom is 0.238 e. The molecule has 1 aromatic rings. The van der Waals surface area contributed by atoms with E-state index >= 15 is 0 Å². The van der Waals surface area contributed by atoms with E-state index in [9.17, 15) is 9.59 Å². The Balaban J connectivity index is 1.41. The fourth-order valence-electron chi connectivity index (χ4n) is 3.53. The Morgan fingerprint density at radius 1 is 1.22 bits per heavy atom. The van der Waals surface area contributed by atoms with E-state index in [0.29, 0.717) is 32.1 Å². The second-order valence-electron chi connectivity index (χ2n) is 7.38. The van der Waals surface area contributed by atoms with Gasteiger partial charge in [-0.05, 0) is 31.0 Å². The number of nitrogens with one attached hydrogen (secondary N) is 2. The van der Waals surface area contributed by atoms with Crippen LogP contribution in [0.3, 0.4) is 0 Å². The quantitative estimate of drug-likeness (QED) is 0.797. The van der Waals surface area contributed by atoms with Crippen LogP contribution in [-0.4, -0.2) is 78.4 Å². The summed E-state index contributed by atoms with van der Waals surface area (Å²) >= 11 is 1.92.